The van der Waals surface area contributed by atoms with E-state index in [1.165, 1.54) is 10.9 Å². The molecule has 3 rings (SSSR count). The molecule has 2 aromatic carbocycles. The van der Waals surface area contributed by atoms with Crippen molar-refractivity contribution in [2.24, 2.45) is 5.41 Å². The van der Waals surface area contributed by atoms with Gasteiger partial charge in [0.2, 0.25) is 0 Å². The minimum absolute atomic E-state index is 0.0355. The third-order valence-corrected chi connectivity index (χ3v) is 4.65. The van der Waals surface area contributed by atoms with Gasteiger partial charge in [0.1, 0.15) is 22.5 Å². The standard InChI is InChI=1S/C21H24F3N3O/c1-19(2,3)12-20(4,5)13-7-9-18(28)17(11-13)27-25-15-8-6-14(21(22,23)24)10-16(15)26-27/h6-11,28H,12H2,1-5H3. The molecular weight excluding hydrogens is 367 g/mol. The highest BCUT2D eigenvalue weighted by Gasteiger charge is 2.31. The lowest BCUT2D eigenvalue weighted by molar-refractivity contribution is -0.137. The van der Waals surface area contributed by atoms with E-state index in [0.717, 1.165) is 24.1 Å². The molecule has 3 aromatic rings. The molecular formula is C21H24F3N3O. The van der Waals surface area contributed by atoms with Crippen LogP contribution in [0.1, 0.15) is 52.2 Å². The second-order valence-corrected chi connectivity index (χ2v) is 9.02. The van der Waals surface area contributed by atoms with Gasteiger partial charge in [-0.3, -0.25) is 0 Å². The van der Waals surface area contributed by atoms with Gasteiger partial charge in [0.25, 0.3) is 0 Å². The maximum Gasteiger partial charge on any atom is 0.416 e. The van der Waals surface area contributed by atoms with E-state index in [9.17, 15) is 18.3 Å². The quantitative estimate of drug-likeness (QED) is 0.608. The third-order valence-electron chi connectivity index (χ3n) is 4.65. The molecule has 0 saturated carbocycles. The summed E-state index contributed by atoms with van der Waals surface area (Å²) in [5.74, 6) is -0.0355. The van der Waals surface area contributed by atoms with E-state index >= 15 is 0 Å². The van der Waals surface area contributed by atoms with E-state index in [-0.39, 0.29) is 22.1 Å². The molecule has 1 aromatic heterocycles. The summed E-state index contributed by atoms with van der Waals surface area (Å²) < 4.78 is 38.8. The Balaban J connectivity index is 2.06. The highest BCUT2D eigenvalue weighted by molar-refractivity contribution is 5.75. The highest BCUT2D eigenvalue weighted by Crippen LogP contribution is 2.38. The van der Waals surface area contributed by atoms with E-state index in [1.54, 1.807) is 12.1 Å². The average molecular weight is 391 g/mol. The summed E-state index contributed by atoms with van der Waals surface area (Å²) in [5, 5.41) is 18.7. The number of phenols is 1. The van der Waals surface area contributed by atoms with Crippen molar-refractivity contribution in [2.75, 3.05) is 0 Å². The first kappa shape index (κ1) is 20.2. The molecule has 0 spiro atoms. The minimum Gasteiger partial charge on any atom is -0.506 e. The first-order valence-electron chi connectivity index (χ1n) is 9.04. The van der Waals surface area contributed by atoms with Gasteiger partial charge in [0.15, 0.2) is 0 Å². The van der Waals surface area contributed by atoms with Crippen molar-refractivity contribution >= 4 is 11.0 Å². The molecule has 0 radical (unpaired) electrons. The molecule has 150 valence electrons. The van der Waals surface area contributed by atoms with E-state index in [4.69, 9.17) is 0 Å². The predicted octanol–water partition coefficient (Wildman–Crippen LogP) is 5.86. The summed E-state index contributed by atoms with van der Waals surface area (Å²) >= 11 is 0. The van der Waals surface area contributed by atoms with Crippen LogP contribution in [0.2, 0.25) is 0 Å². The first-order valence-corrected chi connectivity index (χ1v) is 9.04. The van der Waals surface area contributed by atoms with Crippen LogP contribution in [0.25, 0.3) is 16.7 Å². The minimum atomic E-state index is -4.45. The molecule has 0 atom stereocenters. The van der Waals surface area contributed by atoms with Gasteiger partial charge in [0.05, 0.1) is 5.56 Å². The number of aromatic nitrogens is 3. The van der Waals surface area contributed by atoms with Gasteiger partial charge in [-0.1, -0.05) is 40.7 Å². The van der Waals surface area contributed by atoms with Crippen molar-refractivity contribution < 1.29 is 18.3 Å². The molecule has 7 heteroatoms. The molecule has 0 saturated heterocycles. The first-order chi connectivity index (χ1) is 12.8. The van der Waals surface area contributed by atoms with Crippen molar-refractivity contribution in [2.45, 2.75) is 52.6 Å². The fraction of sp³-hybridized carbons (Fsp3) is 0.429. The monoisotopic (exact) mass is 391 g/mol. The summed E-state index contributed by atoms with van der Waals surface area (Å²) in [6, 6.07) is 8.45. The lowest BCUT2D eigenvalue weighted by atomic mass is 9.72. The van der Waals surface area contributed by atoms with Gasteiger partial charge in [-0.05, 0) is 53.1 Å². The van der Waals surface area contributed by atoms with Gasteiger partial charge in [0, 0.05) is 0 Å². The smallest absolute Gasteiger partial charge is 0.416 e. The highest BCUT2D eigenvalue weighted by atomic mass is 19.4. The number of hydrogen-bond acceptors (Lipinski definition) is 3. The lowest BCUT2D eigenvalue weighted by Crippen LogP contribution is -2.25. The van der Waals surface area contributed by atoms with Crippen molar-refractivity contribution in [1.29, 1.82) is 0 Å². The second kappa shape index (κ2) is 6.50. The second-order valence-electron chi connectivity index (χ2n) is 9.02. The van der Waals surface area contributed by atoms with Crippen molar-refractivity contribution in [3.63, 3.8) is 0 Å². The van der Waals surface area contributed by atoms with Gasteiger partial charge in [-0.25, -0.2) is 0 Å². The fourth-order valence-electron chi connectivity index (χ4n) is 3.73. The zero-order valence-corrected chi connectivity index (χ0v) is 16.6. The van der Waals surface area contributed by atoms with Crippen LogP contribution in [-0.2, 0) is 11.6 Å². The van der Waals surface area contributed by atoms with Crippen LogP contribution < -0.4 is 0 Å². The molecule has 0 fully saturated rings. The molecule has 0 aliphatic rings. The number of fused-ring (bicyclic) bond motifs is 1. The number of alkyl halides is 3. The molecule has 0 amide bonds. The number of benzene rings is 2. The number of phenolic OH excluding ortho intramolecular Hbond substituents is 1. The van der Waals surface area contributed by atoms with Gasteiger partial charge in [-0.15, -0.1) is 15.0 Å². The van der Waals surface area contributed by atoms with E-state index in [0.29, 0.717) is 11.2 Å². The Morgan fingerprint density at radius 2 is 1.46 bits per heavy atom. The maximum absolute atomic E-state index is 12.9. The molecule has 0 bridgehead atoms. The van der Waals surface area contributed by atoms with E-state index < -0.39 is 11.7 Å². The van der Waals surface area contributed by atoms with Crippen LogP contribution in [-0.4, -0.2) is 20.1 Å². The normalized spacial score (nSPS) is 13.3. The van der Waals surface area contributed by atoms with Gasteiger partial charge < -0.3 is 5.11 Å². The Hall–Kier alpha value is -2.57. The Morgan fingerprint density at radius 1 is 0.857 bits per heavy atom. The number of hydrogen-bond donors (Lipinski definition) is 1. The zero-order chi connectivity index (χ0) is 20.9. The van der Waals surface area contributed by atoms with E-state index in [2.05, 4.69) is 44.8 Å². The molecule has 1 N–H and O–H groups in total. The molecule has 0 unspecified atom stereocenters. The van der Waals surface area contributed by atoms with Crippen LogP contribution in [0.3, 0.4) is 0 Å². The average Bonchev–Trinajstić information content (AvgIpc) is 2.94. The van der Waals surface area contributed by atoms with Crippen molar-refractivity contribution in [3.05, 3.63) is 47.5 Å². The van der Waals surface area contributed by atoms with Gasteiger partial charge >= 0.3 is 6.18 Å². The summed E-state index contributed by atoms with van der Waals surface area (Å²) in [6.07, 6.45) is -3.54. The van der Waals surface area contributed by atoms with Crippen molar-refractivity contribution in [3.8, 4) is 11.4 Å². The third kappa shape index (κ3) is 4.13. The summed E-state index contributed by atoms with van der Waals surface area (Å²) in [4.78, 5) is 1.19. The maximum atomic E-state index is 12.9. The number of aromatic hydroxyl groups is 1. The van der Waals surface area contributed by atoms with Gasteiger partial charge in [-0.2, -0.15) is 13.2 Å². The largest absolute Gasteiger partial charge is 0.506 e. The lowest BCUT2D eigenvalue weighted by Gasteiger charge is -2.33. The Morgan fingerprint density at radius 3 is 2.07 bits per heavy atom. The predicted molar refractivity (Wildman–Crippen MR) is 103 cm³/mol. The molecule has 28 heavy (non-hydrogen) atoms. The van der Waals surface area contributed by atoms with Crippen molar-refractivity contribution in [1.82, 2.24) is 15.0 Å². The Labute approximate surface area is 162 Å². The fourth-order valence-corrected chi connectivity index (χ4v) is 3.73. The summed E-state index contributed by atoms with van der Waals surface area (Å²) in [7, 11) is 0. The molecule has 0 aliphatic carbocycles. The van der Waals surface area contributed by atoms with Crippen LogP contribution in [0.5, 0.6) is 5.75 Å². The Bertz CT molecular complexity index is 1010. The topological polar surface area (TPSA) is 50.9 Å². The number of nitrogens with zero attached hydrogens (tertiary/aromatic N) is 3. The molecule has 4 nitrogen and oxygen atoms in total. The van der Waals surface area contributed by atoms with E-state index in [1.807, 2.05) is 6.07 Å². The van der Waals surface area contributed by atoms with Crippen LogP contribution in [0, 0.1) is 5.41 Å². The molecule has 0 aliphatic heterocycles. The Kier molecular flexibility index (Phi) is 4.68. The van der Waals surface area contributed by atoms with Crippen LogP contribution >= 0.6 is 0 Å². The zero-order valence-electron chi connectivity index (χ0n) is 16.6. The number of rotatable bonds is 3. The summed E-state index contributed by atoms with van der Waals surface area (Å²) in [5.41, 5.74) is 0.929. The van der Waals surface area contributed by atoms with Crippen LogP contribution in [0.4, 0.5) is 13.2 Å². The molecule has 1 heterocycles. The summed E-state index contributed by atoms with van der Waals surface area (Å²) in [6.45, 7) is 10.7. The number of halogens is 3. The van der Waals surface area contributed by atoms with Crippen LogP contribution in [0.15, 0.2) is 36.4 Å². The SMILES string of the molecule is CC(C)(C)CC(C)(C)c1ccc(O)c(-n2nc3ccc(C(F)(F)F)cc3n2)c1.